The van der Waals surface area contributed by atoms with Crippen molar-refractivity contribution >= 4 is 5.97 Å². The smallest absolute Gasteiger partial charge is 0.378 e. The number of hydrogen-bond acceptors (Lipinski definition) is 5. The van der Waals surface area contributed by atoms with Crippen molar-refractivity contribution in [3.05, 3.63) is 42.0 Å². The van der Waals surface area contributed by atoms with Gasteiger partial charge in [-0.2, -0.15) is 0 Å². The molecule has 6 heteroatoms. The van der Waals surface area contributed by atoms with E-state index >= 15 is 0 Å². The van der Waals surface area contributed by atoms with Gasteiger partial charge >= 0.3 is 5.97 Å². The summed E-state index contributed by atoms with van der Waals surface area (Å²) in [6.45, 7) is 2.55. The standard InChI is InChI=1S/C14H17N3O3/c1-3-20-14(18)13-15-12(9-10-19-2)17(16-13)11-7-5-4-6-8-11/h4-8H,3,9-10H2,1-2H3. The molecule has 0 radical (unpaired) electrons. The molecule has 0 amide bonds. The second kappa shape index (κ2) is 6.81. The maximum absolute atomic E-state index is 11.7. The summed E-state index contributed by atoms with van der Waals surface area (Å²) in [6.07, 6.45) is 0.567. The average molecular weight is 275 g/mol. The number of para-hydroxylation sites is 1. The third-order valence-electron chi connectivity index (χ3n) is 2.66. The Labute approximate surface area is 117 Å². The van der Waals surface area contributed by atoms with Gasteiger partial charge in [-0.1, -0.05) is 18.2 Å². The molecule has 0 spiro atoms. The lowest BCUT2D eigenvalue weighted by atomic mass is 10.3. The summed E-state index contributed by atoms with van der Waals surface area (Å²) < 4.78 is 11.6. The fraction of sp³-hybridized carbons (Fsp3) is 0.357. The first-order valence-electron chi connectivity index (χ1n) is 6.43. The van der Waals surface area contributed by atoms with Gasteiger partial charge in [-0.05, 0) is 19.1 Å². The van der Waals surface area contributed by atoms with Crippen LogP contribution in [0.15, 0.2) is 30.3 Å². The van der Waals surface area contributed by atoms with Crippen molar-refractivity contribution in [2.24, 2.45) is 0 Å². The van der Waals surface area contributed by atoms with Crippen LogP contribution in [-0.2, 0) is 15.9 Å². The maximum atomic E-state index is 11.7. The Morgan fingerprint density at radius 3 is 2.70 bits per heavy atom. The monoisotopic (exact) mass is 275 g/mol. The molecule has 106 valence electrons. The van der Waals surface area contributed by atoms with Gasteiger partial charge < -0.3 is 9.47 Å². The zero-order valence-electron chi connectivity index (χ0n) is 11.6. The zero-order valence-corrected chi connectivity index (χ0v) is 11.6. The number of nitrogens with zero attached hydrogens (tertiary/aromatic N) is 3. The van der Waals surface area contributed by atoms with E-state index in [1.165, 1.54) is 0 Å². The van der Waals surface area contributed by atoms with Crippen molar-refractivity contribution < 1.29 is 14.3 Å². The summed E-state index contributed by atoms with van der Waals surface area (Å²) in [4.78, 5) is 16.0. The number of benzene rings is 1. The van der Waals surface area contributed by atoms with Gasteiger partial charge in [0, 0.05) is 13.5 Å². The van der Waals surface area contributed by atoms with Crippen LogP contribution in [0.5, 0.6) is 0 Å². The molecule has 2 aromatic rings. The molecule has 0 N–H and O–H groups in total. The molecule has 1 heterocycles. The Morgan fingerprint density at radius 1 is 1.30 bits per heavy atom. The van der Waals surface area contributed by atoms with E-state index in [0.29, 0.717) is 25.5 Å². The zero-order chi connectivity index (χ0) is 14.4. The lowest BCUT2D eigenvalue weighted by Gasteiger charge is -2.04. The molecular formula is C14H17N3O3. The fourth-order valence-electron chi connectivity index (χ4n) is 1.76. The van der Waals surface area contributed by atoms with Crippen LogP contribution >= 0.6 is 0 Å². The molecule has 0 saturated carbocycles. The number of aromatic nitrogens is 3. The number of hydrogen-bond donors (Lipinski definition) is 0. The molecule has 0 atom stereocenters. The van der Waals surface area contributed by atoms with Crippen molar-refractivity contribution in [3.8, 4) is 5.69 Å². The highest BCUT2D eigenvalue weighted by Gasteiger charge is 2.18. The number of ether oxygens (including phenoxy) is 2. The molecule has 1 aromatic carbocycles. The predicted octanol–water partition coefficient (Wildman–Crippen LogP) is 1.63. The van der Waals surface area contributed by atoms with Gasteiger partial charge in [-0.15, -0.1) is 5.10 Å². The van der Waals surface area contributed by atoms with Gasteiger partial charge in [0.2, 0.25) is 0 Å². The Morgan fingerprint density at radius 2 is 2.05 bits per heavy atom. The van der Waals surface area contributed by atoms with Gasteiger partial charge in [0.05, 0.1) is 18.9 Å². The van der Waals surface area contributed by atoms with Gasteiger partial charge in [-0.25, -0.2) is 14.5 Å². The van der Waals surface area contributed by atoms with E-state index in [4.69, 9.17) is 9.47 Å². The lowest BCUT2D eigenvalue weighted by molar-refractivity contribution is 0.0512. The number of esters is 1. The first kappa shape index (κ1) is 14.2. The molecule has 0 bridgehead atoms. The summed E-state index contributed by atoms with van der Waals surface area (Å²) in [5.41, 5.74) is 0.849. The SMILES string of the molecule is CCOC(=O)c1nc(CCOC)n(-c2ccccc2)n1. The van der Waals surface area contributed by atoms with E-state index in [-0.39, 0.29) is 5.82 Å². The van der Waals surface area contributed by atoms with Crippen LogP contribution in [-0.4, -0.2) is 41.1 Å². The van der Waals surface area contributed by atoms with Crippen molar-refractivity contribution in [2.45, 2.75) is 13.3 Å². The lowest BCUT2D eigenvalue weighted by Crippen LogP contribution is -2.07. The minimum atomic E-state index is -0.513. The molecule has 0 saturated heterocycles. The third kappa shape index (κ3) is 3.21. The molecule has 0 aliphatic heterocycles. The first-order chi connectivity index (χ1) is 9.76. The minimum absolute atomic E-state index is 0.0711. The highest BCUT2D eigenvalue weighted by molar-refractivity contribution is 5.85. The molecule has 6 nitrogen and oxygen atoms in total. The van der Waals surface area contributed by atoms with Crippen molar-refractivity contribution in [1.82, 2.24) is 14.8 Å². The van der Waals surface area contributed by atoms with E-state index in [9.17, 15) is 4.79 Å². The van der Waals surface area contributed by atoms with Gasteiger partial charge in [0.25, 0.3) is 5.82 Å². The predicted molar refractivity (Wildman–Crippen MR) is 72.9 cm³/mol. The normalized spacial score (nSPS) is 10.5. The highest BCUT2D eigenvalue weighted by atomic mass is 16.5. The number of methoxy groups -OCH3 is 1. The number of carbonyl (C=O) groups excluding carboxylic acids is 1. The molecule has 20 heavy (non-hydrogen) atoms. The van der Waals surface area contributed by atoms with Crippen LogP contribution in [0.2, 0.25) is 0 Å². The summed E-state index contributed by atoms with van der Waals surface area (Å²) in [7, 11) is 1.62. The van der Waals surface area contributed by atoms with Crippen LogP contribution in [0.1, 0.15) is 23.4 Å². The topological polar surface area (TPSA) is 66.2 Å². The second-order valence-corrected chi connectivity index (χ2v) is 4.06. The molecule has 1 aromatic heterocycles. The summed E-state index contributed by atoms with van der Waals surface area (Å²) >= 11 is 0. The van der Waals surface area contributed by atoms with Crippen molar-refractivity contribution in [2.75, 3.05) is 20.3 Å². The van der Waals surface area contributed by atoms with Gasteiger partial charge in [0.1, 0.15) is 5.82 Å². The summed E-state index contributed by atoms with van der Waals surface area (Å²) in [5, 5.41) is 4.23. The third-order valence-corrected chi connectivity index (χ3v) is 2.66. The molecule has 0 aliphatic carbocycles. The van der Waals surface area contributed by atoms with E-state index in [1.807, 2.05) is 30.3 Å². The Balaban J connectivity index is 2.35. The quantitative estimate of drug-likeness (QED) is 0.750. The first-order valence-corrected chi connectivity index (χ1v) is 6.43. The van der Waals surface area contributed by atoms with Gasteiger partial charge in [-0.3, -0.25) is 0 Å². The van der Waals surface area contributed by atoms with E-state index < -0.39 is 5.97 Å². The highest BCUT2D eigenvalue weighted by Crippen LogP contribution is 2.11. The summed E-state index contributed by atoms with van der Waals surface area (Å²) in [6, 6.07) is 9.53. The summed E-state index contributed by atoms with van der Waals surface area (Å²) in [5.74, 6) is 0.226. The Hall–Kier alpha value is -2.21. The molecule has 0 fully saturated rings. The number of carbonyl (C=O) groups is 1. The minimum Gasteiger partial charge on any atom is -0.460 e. The molecule has 0 unspecified atom stereocenters. The second-order valence-electron chi connectivity index (χ2n) is 4.06. The van der Waals surface area contributed by atoms with Crippen LogP contribution < -0.4 is 0 Å². The van der Waals surface area contributed by atoms with Crippen LogP contribution in [0.25, 0.3) is 5.69 Å². The van der Waals surface area contributed by atoms with Crippen molar-refractivity contribution in [3.63, 3.8) is 0 Å². The molecule has 2 rings (SSSR count). The van der Waals surface area contributed by atoms with Crippen LogP contribution in [0, 0.1) is 0 Å². The fourth-order valence-corrected chi connectivity index (χ4v) is 1.76. The van der Waals surface area contributed by atoms with E-state index in [2.05, 4.69) is 10.1 Å². The average Bonchev–Trinajstić information content (AvgIpc) is 2.90. The van der Waals surface area contributed by atoms with Gasteiger partial charge in [0.15, 0.2) is 0 Å². The van der Waals surface area contributed by atoms with E-state index in [1.54, 1.807) is 18.7 Å². The largest absolute Gasteiger partial charge is 0.460 e. The molecular weight excluding hydrogens is 258 g/mol. The molecule has 0 aliphatic rings. The Kier molecular flexibility index (Phi) is 4.84. The van der Waals surface area contributed by atoms with E-state index in [0.717, 1.165) is 5.69 Å². The van der Waals surface area contributed by atoms with Crippen LogP contribution in [0.4, 0.5) is 0 Å². The van der Waals surface area contributed by atoms with Crippen molar-refractivity contribution in [1.29, 1.82) is 0 Å². The Bertz CT molecular complexity index is 566. The number of rotatable bonds is 6. The maximum Gasteiger partial charge on any atom is 0.378 e. The van der Waals surface area contributed by atoms with Crippen LogP contribution in [0.3, 0.4) is 0 Å².